The molecule has 9 nitrogen and oxygen atoms in total. The second kappa shape index (κ2) is 9.46. The van der Waals surface area contributed by atoms with Crippen molar-refractivity contribution in [3.05, 3.63) is 53.2 Å². The van der Waals surface area contributed by atoms with Crippen molar-refractivity contribution in [3.63, 3.8) is 0 Å². The van der Waals surface area contributed by atoms with E-state index in [-0.39, 0.29) is 22.4 Å². The van der Waals surface area contributed by atoms with Gasteiger partial charge in [0.05, 0.1) is 37.4 Å². The van der Waals surface area contributed by atoms with Gasteiger partial charge in [0.15, 0.2) is 5.82 Å². The molecule has 1 heterocycles. The monoisotopic (exact) mass is 476 g/mol. The topological polar surface area (TPSA) is 123 Å². The van der Waals surface area contributed by atoms with Crippen LogP contribution >= 0.6 is 18.7 Å². The Morgan fingerprint density at radius 3 is 2.28 bits per heavy atom. The van der Waals surface area contributed by atoms with E-state index >= 15 is 0 Å². The van der Waals surface area contributed by atoms with E-state index in [0.29, 0.717) is 28.2 Å². The first-order valence-electron chi connectivity index (χ1n) is 9.34. The molecule has 1 aromatic heterocycles. The number of benzene rings is 2. The molecule has 0 bridgehead atoms. The molecule has 2 aromatic carbocycles. The van der Waals surface area contributed by atoms with Crippen LogP contribution in [0.2, 0.25) is 5.02 Å². The van der Waals surface area contributed by atoms with Crippen LogP contribution in [0.15, 0.2) is 42.6 Å². The van der Waals surface area contributed by atoms with E-state index in [9.17, 15) is 9.36 Å². The molecular formula is C21H22ClN4O5P. The fraction of sp³-hybridized carbons (Fsp3) is 0.190. The summed E-state index contributed by atoms with van der Waals surface area (Å²) in [5, 5.41) is 16.2. The van der Waals surface area contributed by atoms with Crippen LogP contribution in [0.3, 0.4) is 0 Å². The van der Waals surface area contributed by atoms with Gasteiger partial charge in [0.2, 0.25) is 5.95 Å². The maximum Gasteiger partial charge on any atom is 0.335 e. The molecule has 0 saturated heterocycles. The Morgan fingerprint density at radius 2 is 1.66 bits per heavy atom. The van der Waals surface area contributed by atoms with E-state index in [0.717, 1.165) is 0 Å². The van der Waals surface area contributed by atoms with Crippen LogP contribution in [0.5, 0.6) is 11.5 Å². The zero-order chi connectivity index (χ0) is 23.5. The highest BCUT2D eigenvalue weighted by Gasteiger charge is 2.16. The SMILES string of the molecule is COc1cc(P(C)(C)=O)ccc1Nc1ncc(Cl)c(Nc2ccc(C(=O)O)cc2OC)n1. The van der Waals surface area contributed by atoms with Crippen molar-refractivity contribution in [1.29, 1.82) is 0 Å². The van der Waals surface area contributed by atoms with Crippen LogP contribution in [-0.4, -0.2) is 48.6 Å². The fourth-order valence-corrected chi connectivity index (χ4v) is 3.81. The minimum absolute atomic E-state index is 0.0859. The number of aromatic carboxylic acids is 1. The van der Waals surface area contributed by atoms with E-state index in [4.69, 9.17) is 26.2 Å². The van der Waals surface area contributed by atoms with Gasteiger partial charge < -0.3 is 29.8 Å². The standard InChI is InChI=1S/C21H22ClN4O5P/c1-30-17-9-12(20(27)28)5-7-15(17)24-19-14(22)11-23-21(26-19)25-16-8-6-13(32(3,4)29)10-18(16)31-2/h5-11H,1-4H3,(H,27,28)(H2,23,24,25,26). The number of halogens is 1. The number of nitrogens with zero attached hydrogens (tertiary/aromatic N) is 2. The van der Waals surface area contributed by atoms with Gasteiger partial charge in [-0.1, -0.05) is 11.6 Å². The fourth-order valence-electron chi connectivity index (χ4n) is 2.81. The molecule has 0 fully saturated rings. The summed E-state index contributed by atoms with van der Waals surface area (Å²) in [7, 11) is 0.503. The van der Waals surface area contributed by atoms with Crippen LogP contribution in [0.1, 0.15) is 10.4 Å². The highest BCUT2D eigenvalue weighted by Crippen LogP contribution is 2.38. The van der Waals surface area contributed by atoms with E-state index in [1.807, 2.05) is 0 Å². The number of hydrogen-bond donors (Lipinski definition) is 3. The van der Waals surface area contributed by atoms with E-state index in [1.54, 1.807) is 37.6 Å². The van der Waals surface area contributed by atoms with E-state index in [2.05, 4.69) is 20.6 Å². The Kier molecular flexibility index (Phi) is 6.91. The summed E-state index contributed by atoms with van der Waals surface area (Å²) in [5.74, 6) is 0.261. The Bertz CT molecular complexity index is 1210. The third-order valence-electron chi connectivity index (χ3n) is 4.50. The number of anilines is 4. The highest BCUT2D eigenvalue weighted by molar-refractivity contribution is 7.70. The van der Waals surface area contributed by atoms with Gasteiger partial charge in [-0.05, 0) is 49.7 Å². The summed E-state index contributed by atoms with van der Waals surface area (Å²) in [6.45, 7) is 3.37. The molecule has 32 heavy (non-hydrogen) atoms. The second-order valence-electron chi connectivity index (χ2n) is 7.10. The molecule has 0 unspecified atom stereocenters. The Labute approximate surface area is 190 Å². The minimum atomic E-state index is -2.45. The van der Waals surface area contributed by atoms with Gasteiger partial charge in [-0.2, -0.15) is 4.98 Å². The molecule has 0 saturated carbocycles. The molecule has 0 radical (unpaired) electrons. The van der Waals surface area contributed by atoms with Crippen LogP contribution in [0.4, 0.5) is 23.1 Å². The number of hydrogen-bond acceptors (Lipinski definition) is 8. The summed E-state index contributed by atoms with van der Waals surface area (Å²) in [6.07, 6.45) is 1.42. The molecule has 3 rings (SSSR count). The van der Waals surface area contributed by atoms with E-state index < -0.39 is 13.1 Å². The van der Waals surface area contributed by atoms with Crippen LogP contribution in [-0.2, 0) is 4.57 Å². The first kappa shape index (κ1) is 23.4. The number of aromatic nitrogens is 2. The first-order chi connectivity index (χ1) is 15.1. The van der Waals surface area contributed by atoms with Gasteiger partial charge in [0.25, 0.3) is 0 Å². The maximum absolute atomic E-state index is 12.4. The number of methoxy groups -OCH3 is 2. The summed E-state index contributed by atoms with van der Waals surface area (Å²) in [4.78, 5) is 19.8. The molecule has 3 N–H and O–H groups in total. The third kappa shape index (κ3) is 5.30. The van der Waals surface area contributed by atoms with Crippen molar-refractivity contribution in [2.75, 3.05) is 38.2 Å². The van der Waals surface area contributed by atoms with Crippen molar-refractivity contribution < 1.29 is 23.9 Å². The quantitative estimate of drug-likeness (QED) is 0.401. The molecule has 0 spiro atoms. The molecule has 11 heteroatoms. The predicted octanol–water partition coefficient (Wildman–Crippen LogP) is 4.58. The smallest absolute Gasteiger partial charge is 0.335 e. The number of carboxylic acid groups (broad SMARTS) is 1. The lowest BCUT2D eigenvalue weighted by atomic mass is 10.2. The van der Waals surface area contributed by atoms with Crippen molar-refractivity contribution >= 4 is 53.2 Å². The number of carboxylic acids is 1. The maximum atomic E-state index is 12.4. The zero-order valence-corrected chi connectivity index (χ0v) is 19.5. The predicted molar refractivity (Wildman–Crippen MR) is 126 cm³/mol. The molecule has 0 aliphatic rings. The van der Waals surface area contributed by atoms with Gasteiger partial charge in [-0.25, -0.2) is 9.78 Å². The van der Waals surface area contributed by atoms with Crippen LogP contribution < -0.4 is 25.4 Å². The molecule has 0 aliphatic carbocycles. The Hall–Kier alpha value is -3.29. The summed E-state index contributed by atoms with van der Waals surface area (Å²) in [6, 6.07) is 9.61. The van der Waals surface area contributed by atoms with Gasteiger partial charge in [-0.3, -0.25) is 0 Å². The molecular weight excluding hydrogens is 455 g/mol. The van der Waals surface area contributed by atoms with Crippen LogP contribution in [0.25, 0.3) is 0 Å². The Morgan fingerprint density at radius 1 is 1.03 bits per heavy atom. The summed E-state index contributed by atoms with van der Waals surface area (Å²) < 4.78 is 23.0. The first-order valence-corrected chi connectivity index (χ1v) is 12.3. The Balaban J connectivity index is 1.90. The van der Waals surface area contributed by atoms with Gasteiger partial charge in [-0.15, -0.1) is 0 Å². The lowest BCUT2D eigenvalue weighted by molar-refractivity contribution is 0.0696. The highest BCUT2D eigenvalue weighted by atomic mass is 35.5. The number of nitrogens with one attached hydrogen (secondary N) is 2. The lowest BCUT2D eigenvalue weighted by Crippen LogP contribution is -2.07. The van der Waals surface area contributed by atoms with Gasteiger partial charge in [0.1, 0.15) is 23.7 Å². The van der Waals surface area contributed by atoms with Crippen molar-refractivity contribution in [1.82, 2.24) is 9.97 Å². The summed E-state index contributed by atoms with van der Waals surface area (Å²) in [5.41, 5.74) is 1.15. The second-order valence-corrected chi connectivity index (χ2v) is 10.7. The van der Waals surface area contributed by atoms with Crippen LogP contribution in [0, 0.1) is 0 Å². The third-order valence-corrected chi connectivity index (χ3v) is 6.30. The van der Waals surface area contributed by atoms with E-state index in [1.165, 1.54) is 32.5 Å². The average Bonchev–Trinajstić information content (AvgIpc) is 2.75. The molecule has 168 valence electrons. The molecule has 0 amide bonds. The van der Waals surface area contributed by atoms with Crippen molar-refractivity contribution in [2.24, 2.45) is 0 Å². The number of rotatable bonds is 8. The zero-order valence-electron chi connectivity index (χ0n) is 17.8. The van der Waals surface area contributed by atoms with Crippen molar-refractivity contribution in [3.8, 4) is 11.5 Å². The largest absolute Gasteiger partial charge is 0.495 e. The normalized spacial score (nSPS) is 11.0. The number of carbonyl (C=O) groups is 1. The van der Waals surface area contributed by atoms with Gasteiger partial charge in [0, 0.05) is 5.30 Å². The van der Waals surface area contributed by atoms with Gasteiger partial charge >= 0.3 is 5.97 Å². The molecule has 3 aromatic rings. The minimum Gasteiger partial charge on any atom is -0.495 e. The summed E-state index contributed by atoms with van der Waals surface area (Å²) >= 11 is 6.25. The number of ether oxygens (including phenoxy) is 2. The molecule has 0 atom stereocenters. The average molecular weight is 477 g/mol. The van der Waals surface area contributed by atoms with Crippen molar-refractivity contribution in [2.45, 2.75) is 0 Å². The lowest BCUT2D eigenvalue weighted by Gasteiger charge is -2.15. The molecule has 0 aliphatic heterocycles.